The second-order valence-electron chi connectivity index (χ2n) is 7.60. The van der Waals surface area contributed by atoms with Gasteiger partial charge in [0.15, 0.2) is 5.76 Å². The molecule has 146 valence electrons. The van der Waals surface area contributed by atoms with E-state index in [4.69, 9.17) is 9.47 Å². The average Bonchev–Trinajstić information content (AvgIpc) is 3.00. The molecule has 0 amide bonds. The van der Waals surface area contributed by atoms with E-state index in [0.717, 1.165) is 25.1 Å². The smallest absolute Gasteiger partial charge is 0.231 e. The molecule has 2 aromatic carbocycles. The van der Waals surface area contributed by atoms with Crippen molar-refractivity contribution in [3.63, 3.8) is 0 Å². The topological polar surface area (TPSA) is 59.0 Å². The van der Waals surface area contributed by atoms with Gasteiger partial charge >= 0.3 is 0 Å². The van der Waals surface area contributed by atoms with Crippen LogP contribution in [0.5, 0.6) is 17.2 Å². The number of methoxy groups -OCH3 is 1. The lowest BCUT2D eigenvalue weighted by Crippen LogP contribution is -2.33. The summed E-state index contributed by atoms with van der Waals surface area (Å²) in [5.74, 6) is 2.03. The SMILES string of the molecule is COc1ccccc1C=C1Oc2c(ccc(O)c2CN2CCC[C@@H](C)C2)C1=O. The van der Waals surface area contributed by atoms with Crippen molar-refractivity contribution in [1.29, 1.82) is 0 Å². The monoisotopic (exact) mass is 379 g/mol. The maximum atomic E-state index is 12.9. The summed E-state index contributed by atoms with van der Waals surface area (Å²) in [6.45, 7) is 4.80. The molecule has 5 heteroatoms. The molecule has 1 saturated heterocycles. The maximum Gasteiger partial charge on any atom is 0.231 e. The number of Topliss-reactive ketones (excluding diaryl/α,β-unsaturated/α-hetero) is 1. The molecule has 2 aromatic rings. The number of likely N-dealkylation sites (tertiary alicyclic amines) is 1. The van der Waals surface area contributed by atoms with Gasteiger partial charge in [0.25, 0.3) is 0 Å². The van der Waals surface area contributed by atoms with Crippen molar-refractivity contribution in [1.82, 2.24) is 4.90 Å². The van der Waals surface area contributed by atoms with Gasteiger partial charge in [0.2, 0.25) is 5.78 Å². The zero-order chi connectivity index (χ0) is 19.7. The van der Waals surface area contributed by atoms with E-state index in [1.165, 1.54) is 6.42 Å². The number of piperidine rings is 1. The third-order valence-electron chi connectivity index (χ3n) is 5.46. The van der Waals surface area contributed by atoms with E-state index >= 15 is 0 Å². The number of phenols is 1. The highest BCUT2D eigenvalue weighted by Gasteiger charge is 2.32. The average molecular weight is 379 g/mol. The first-order valence-electron chi connectivity index (χ1n) is 9.71. The van der Waals surface area contributed by atoms with Crippen molar-refractivity contribution < 1.29 is 19.4 Å². The van der Waals surface area contributed by atoms with Crippen LogP contribution >= 0.6 is 0 Å². The lowest BCUT2D eigenvalue weighted by molar-refractivity contribution is 0.101. The zero-order valence-corrected chi connectivity index (χ0v) is 16.3. The molecule has 2 heterocycles. The highest BCUT2D eigenvalue weighted by molar-refractivity contribution is 6.15. The number of carbonyl (C=O) groups excluding carboxylic acids is 1. The molecule has 2 aliphatic heterocycles. The van der Waals surface area contributed by atoms with E-state index in [1.807, 2.05) is 24.3 Å². The van der Waals surface area contributed by atoms with E-state index in [0.29, 0.717) is 35.1 Å². The summed E-state index contributed by atoms with van der Waals surface area (Å²) in [5, 5.41) is 10.5. The molecule has 4 rings (SSSR count). The molecule has 0 aliphatic carbocycles. The highest BCUT2D eigenvalue weighted by Crippen LogP contribution is 2.41. The van der Waals surface area contributed by atoms with Gasteiger partial charge in [-0.1, -0.05) is 25.1 Å². The predicted octanol–water partition coefficient (Wildman–Crippen LogP) is 4.25. The second-order valence-corrected chi connectivity index (χ2v) is 7.60. The lowest BCUT2D eigenvalue weighted by Gasteiger charge is -2.31. The predicted molar refractivity (Wildman–Crippen MR) is 108 cm³/mol. The second kappa shape index (κ2) is 7.68. The normalized spacial score (nSPS) is 20.9. The molecule has 0 bridgehead atoms. The standard InChI is InChI=1S/C23H25NO4/c1-15-6-5-11-24(13-15)14-18-19(25)10-9-17-22(26)21(28-23(17)18)12-16-7-3-4-8-20(16)27-2/h3-4,7-10,12,15,25H,5-6,11,13-14H2,1-2H3/t15-/m1/s1. The summed E-state index contributed by atoms with van der Waals surface area (Å²) in [7, 11) is 1.60. The Morgan fingerprint density at radius 3 is 2.89 bits per heavy atom. The zero-order valence-electron chi connectivity index (χ0n) is 16.3. The lowest BCUT2D eigenvalue weighted by atomic mass is 9.99. The van der Waals surface area contributed by atoms with Crippen LogP contribution in [-0.4, -0.2) is 36.0 Å². The quantitative estimate of drug-likeness (QED) is 0.805. The fourth-order valence-electron chi connectivity index (χ4n) is 4.03. The number of benzene rings is 2. The molecule has 5 nitrogen and oxygen atoms in total. The van der Waals surface area contributed by atoms with Gasteiger partial charge in [0.05, 0.1) is 18.2 Å². The minimum atomic E-state index is -0.172. The largest absolute Gasteiger partial charge is 0.507 e. The molecule has 2 aliphatic rings. The number of phenolic OH excluding ortho intramolecular Hbond substituents is 1. The fraction of sp³-hybridized carbons (Fsp3) is 0.348. The summed E-state index contributed by atoms with van der Waals surface area (Å²) >= 11 is 0. The maximum absolute atomic E-state index is 12.9. The number of nitrogens with zero attached hydrogens (tertiary/aromatic N) is 1. The Balaban J connectivity index is 1.66. The Labute approximate surface area is 165 Å². The molecule has 0 spiro atoms. The first-order valence-corrected chi connectivity index (χ1v) is 9.71. The van der Waals surface area contributed by atoms with Gasteiger partial charge in [0, 0.05) is 18.7 Å². The van der Waals surface area contributed by atoms with Crippen LogP contribution in [0.4, 0.5) is 0 Å². The van der Waals surface area contributed by atoms with Gasteiger partial charge in [-0.25, -0.2) is 0 Å². The number of hydrogen-bond acceptors (Lipinski definition) is 5. The molecule has 1 fully saturated rings. The van der Waals surface area contributed by atoms with Gasteiger partial charge in [0.1, 0.15) is 17.2 Å². The number of aromatic hydroxyl groups is 1. The number of ketones is 1. The van der Waals surface area contributed by atoms with Crippen LogP contribution in [0.1, 0.15) is 41.3 Å². The number of fused-ring (bicyclic) bond motifs is 1. The van der Waals surface area contributed by atoms with Crippen LogP contribution in [0, 0.1) is 5.92 Å². The first kappa shape index (κ1) is 18.6. The minimum Gasteiger partial charge on any atom is -0.507 e. The van der Waals surface area contributed by atoms with Crippen LogP contribution in [0.15, 0.2) is 42.2 Å². The van der Waals surface area contributed by atoms with Gasteiger partial charge in [-0.15, -0.1) is 0 Å². The summed E-state index contributed by atoms with van der Waals surface area (Å²) in [6.07, 6.45) is 4.08. The molecule has 28 heavy (non-hydrogen) atoms. The van der Waals surface area contributed by atoms with E-state index in [1.54, 1.807) is 25.3 Å². The van der Waals surface area contributed by atoms with Gasteiger partial charge in [-0.3, -0.25) is 9.69 Å². The number of allylic oxidation sites excluding steroid dienone is 1. The van der Waals surface area contributed by atoms with E-state index in [-0.39, 0.29) is 17.3 Å². The highest BCUT2D eigenvalue weighted by atomic mass is 16.5. The molecular weight excluding hydrogens is 354 g/mol. The van der Waals surface area contributed by atoms with Gasteiger partial charge in [-0.2, -0.15) is 0 Å². The van der Waals surface area contributed by atoms with Crippen LogP contribution < -0.4 is 9.47 Å². The molecule has 0 saturated carbocycles. The van der Waals surface area contributed by atoms with Crippen molar-refractivity contribution in [2.45, 2.75) is 26.3 Å². The number of ether oxygens (including phenoxy) is 2. The summed E-state index contributed by atoms with van der Waals surface area (Å²) < 4.78 is 11.3. The van der Waals surface area contributed by atoms with Gasteiger partial charge in [-0.05, 0) is 49.6 Å². The fourth-order valence-corrected chi connectivity index (χ4v) is 4.03. The molecular formula is C23H25NO4. The van der Waals surface area contributed by atoms with Crippen LogP contribution in [-0.2, 0) is 6.54 Å². The van der Waals surface area contributed by atoms with E-state index < -0.39 is 0 Å². The first-order chi connectivity index (χ1) is 13.6. The van der Waals surface area contributed by atoms with E-state index in [2.05, 4.69) is 11.8 Å². The third-order valence-corrected chi connectivity index (χ3v) is 5.46. The molecule has 0 radical (unpaired) electrons. The Hall–Kier alpha value is -2.79. The van der Waals surface area contributed by atoms with Crippen LogP contribution in [0.25, 0.3) is 6.08 Å². The molecule has 0 unspecified atom stereocenters. The molecule has 0 aromatic heterocycles. The van der Waals surface area contributed by atoms with Crippen molar-refractivity contribution in [2.24, 2.45) is 5.92 Å². The van der Waals surface area contributed by atoms with Crippen LogP contribution in [0.3, 0.4) is 0 Å². The van der Waals surface area contributed by atoms with Crippen molar-refractivity contribution in [3.8, 4) is 17.2 Å². The van der Waals surface area contributed by atoms with Crippen molar-refractivity contribution in [2.75, 3.05) is 20.2 Å². The molecule has 1 N–H and O–H groups in total. The van der Waals surface area contributed by atoms with Crippen molar-refractivity contribution >= 4 is 11.9 Å². The number of para-hydroxylation sites is 1. The molecule has 1 atom stereocenters. The van der Waals surface area contributed by atoms with Gasteiger partial charge < -0.3 is 14.6 Å². The Morgan fingerprint density at radius 2 is 2.11 bits per heavy atom. The Kier molecular flexibility index (Phi) is 5.09. The summed E-state index contributed by atoms with van der Waals surface area (Å²) in [4.78, 5) is 15.2. The Morgan fingerprint density at radius 1 is 1.29 bits per heavy atom. The summed E-state index contributed by atoms with van der Waals surface area (Å²) in [5.41, 5.74) is 1.96. The summed E-state index contributed by atoms with van der Waals surface area (Å²) in [6, 6.07) is 10.7. The van der Waals surface area contributed by atoms with Crippen LogP contribution in [0.2, 0.25) is 0 Å². The van der Waals surface area contributed by atoms with Crippen molar-refractivity contribution in [3.05, 3.63) is 58.8 Å². The Bertz CT molecular complexity index is 934. The third kappa shape index (κ3) is 3.50. The number of hydrogen-bond donors (Lipinski definition) is 1. The van der Waals surface area contributed by atoms with E-state index in [9.17, 15) is 9.90 Å². The number of rotatable bonds is 4. The number of carbonyl (C=O) groups is 1. The minimum absolute atomic E-state index is 0.170.